The van der Waals surface area contributed by atoms with E-state index in [1.54, 1.807) is 12.1 Å². The van der Waals surface area contributed by atoms with Crippen LogP contribution in [0.15, 0.2) is 18.2 Å². The van der Waals surface area contributed by atoms with Crippen molar-refractivity contribution in [1.82, 2.24) is 0 Å². The zero-order chi connectivity index (χ0) is 10.8. The molecular weight excluding hydrogens is 178 g/mol. The Morgan fingerprint density at radius 2 is 2.07 bits per heavy atom. The Morgan fingerprint density at radius 1 is 1.43 bits per heavy atom. The lowest BCUT2D eigenvalue weighted by molar-refractivity contribution is 0.215. The summed E-state index contributed by atoms with van der Waals surface area (Å²) in [6, 6.07) is 6.63. The van der Waals surface area contributed by atoms with Gasteiger partial charge in [0.25, 0.3) is 0 Å². The normalized spacial score (nSPS) is 11.0. The minimum Gasteiger partial charge on any atom is -0.508 e. The number of aliphatic hydroxyl groups is 1. The van der Waals surface area contributed by atoms with Crippen LogP contribution >= 0.6 is 0 Å². The number of aliphatic hydroxyl groups excluding tert-OH is 1. The van der Waals surface area contributed by atoms with E-state index in [0.29, 0.717) is 11.1 Å². The molecule has 0 bridgehead atoms. The van der Waals surface area contributed by atoms with Crippen molar-refractivity contribution in [3.8, 4) is 11.8 Å². The number of phenols is 1. The van der Waals surface area contributed by atoms with Crippen LogP contribution in [0.4, 0.5) is 0 Å². The van der Waals surface area contributed by atoms with Crippen LogP contribution in [-0.4, -0.2) is 16.8 Å². The topological polar surface area (TPSA) is 64.2 Å². The maximum Gasteiger partial charge on any atom is 0.119 e. The molecular formula is C11H13NO2. The second kappa shape index (κ2) is 3.69. The van der Waals surface area contributed by atoms with Crippen molar-refractivity contribution < 1.29 is 10.2 Å². The van der Waals surface area contributed by atoms with E-state index >= 15 is 0 Å². The molecule has 0 spiro atoms. The molecule has 0 amide bonds. The largest absolute Gasteiger partial charge is 0.508 e. The van der Waals surface area contributed by atoms with Gasteiger partial charge in [0.1, 0.15) is 5.75 Å². The summed E-state index contributed by atoms with van der Waals surface area (Å²) in [6.45, 7) is 3.54. The average molecular weight is 191 g/mol. The molecule has 0 saturated heterocycles. The van der Waals surface area contributed by atoms with Gasteiger partial charge in [0.15, 0.2) is 0 Å². The van der Waals surface area contributed by atoms with Gasteiger partial charge in [0, 0.05) is 11.0 Å². The highest BCUT2D eigenvalue weighted by Gasteiger charge is 2.23. The summed E-state index contributed by atoms with van der Waals surface area (Å²) in [4.78, 5) is 0. The summed E-state index contributed by atoms with van der Waals surface area (Å²) in [7, 11) is 0. The first-order valence-electron chi connectivity index (χ1n) is 4.36. The highest BCUT2D eigenvalue weighted by atomic mass is 16.3. The molecule has 1 aromatic carbocycles. The quantitative estimate of drug-likeness (QED) is 0.745. The van der Waals surface area contributed by atoms with E-state index in [-0.39, 0.29) is 12.4 Å². The molecule has 0 saturated carbocycles. The van der Waals surface area contributed by atoms with Gasteiger partial charge in [0.05, 0.1) is 18.2 Å². The lowest BCUT2D eigenvalue weighted by Gasteiger charge is -2.23. The second-order valence-corrected chi connectivity index (χ2v) is 3.89. The lowest BCUT2D eigenvalue weighted by atomic mass is 9.84. The fourth-order valence-corrected chi connectivity index (χ4v) is 1.23. The molecule has 0 aromatic heterocycles. The van der Waals surface area contributed by atoms with Gasteiger partial charge in [-0.1, -0.05) is 13.8 Å². The van der Waals surface area contributed by atoms with Crippen LogP contribution in [0.3, 0.4) is 0 Å². The highest BCUT2D eigenvalue weighted by molar-refractivity contribution is 5.44. The van der Waals surface area contributed by atoms with Crippen molar-refractivity contribution in [2.75, 3.05) is 6.61 Å². The molecule has 0 aliphatic heterocycles. The molecule has 0 atom stereocenters. The van der Waals surface area contributed by atoms with Gasteiger partial charge in [0.2, 0.25) is 0 Å². The van der Waals surface area contributed by atoms with E-state index in [2.05, 4.69) is 0 Å². The summed E-state index contributed by atoms with van der Waals surface area (Å²) in [5, 5.41) is 27.4. The van der Waals surface area contributed by atoms with E-state index in [9.17, 15) is 5.11 Å². The van der Waals surface area contributed by atoms with Crippen molar-refractivity contribution in [2.45, 2.75) is 19.3 Å². The molecule has 0 aliphatic carbocycles. The third-order valence-electron chi connectivity index (χ3n) is 2.25. The maximum atomic E-state index is 9.58. The zero-order valence-corrected chi connectivity index (χ0v) is 8.28. The third-order valence-corrected chi connectivity index (χ3v) is 2.25. The zero-order valence-electron chi connectivity index (χ0n) is 8.28. The fourth-order valence-electron chi connectivity index (χ4n) is 1.23. The van der Waals surface area contributed by atoms with Crippen molar-refractivity contribution >= 4 is 0 Å². The van der Waals surface area contributed by atoms with Crippen molar-refractivity contribution in [1.29, 1.82) is 5.26 Å². The second-order valence-electron chi connectivity index (χ2n) is 3.89. The van der Waals surface area contributed by atoms with Gasteiger partial charge in [-0.05, 0) is 18.2 Å². The average Bonchev–Trinajstić information content (AvgIpc) is 2.18. The van der Waals surface area contributed by atoms with E-state index in [1.165, 1.54) is 6.07 Å². The molecule has 14 heavy (non-hydrogen) atoms. The summed E-state index contributed by atoms with van der Waals surface area (Å²) in [5.41, 5.74) is 0.551. The molecule has 1 aromatic rings. The number of hydrogen-bond donors (Lipinski definition) is 2. The molecule has 74 valence electrons. The van der Waals surface area contributed by atoms with Gasteiger partial charge >= 0.3 is 0 Å². The van der Waals surface area contributed by atoms with Crippen molar-refractivity contribution in [3.63, 3.8) is 0 Å². The first-order valence-corrected chi connectivity index (χ1v) is 4.36. The summed E-state index contributed by atoms with van der Waals surface area (Å²) in [5.74, 6) is 0.114. The monoisotopic (exact) mass is 191 g/mol. The van der Waals surface area contributed by atoms with Crippen molar-refractivity contribution in [2.24, 2.45) is 0 Å². The Bertz CT molecular complexity index is 377. The molecule has 3 nitrogen and oxygen atoms in total. The number of benzene rings is 1. The first-order chi connectivity index (χ1) is 6.51. The molecule has 0 aliphatic rings. The predicted molar refractivity (Wildman–Crippen MR) is 52.9 cm³/mol. The fraction of sp³-hybridized carbons (Fsp3) is 0.364. The van der Waals surface area contributed by atoms with Gasteiger partial charge < -0.3 is 10.2 Å². The number of aromatic hydroxyl groups is 1. The first kappa shape index (κ1) is 10.6. The Morgan fingerprint density at radius 3 is 2.57 bits per heavy atom. The minimum absolute atomic E-state index is 0.0740. The third kappa shape index (κ3) is 1.86. The Kier molecular flexibility index (Phi) is 2.78. The van der Waals surface area contributed by atoms with Crippen LogP contribution in [0.5, 0.6) is 5.75 Å². The van der Waals surface area contributed by atoms with E-state index in [1.807, 2.05) is 19.9 Å². The number of phenolic OH excluding ortho intramolecular Hbond substituents is 1. The lowest BCUT2D eigenvalue weighted by Crippen LogP contribution is -2.22. The predicted octanol–water partition coefficient (Wildman–Crippen LogP) is 1.53. The Labute approximate surface area is 83.2 Å². The van der Waals surface area contributed by atoms with Crippen LogP contribution in [-0.2, 0) is 5.41 Å². The summed E-state index contributed by atoms with van der Waals surface area (Å²) >= 11 is 0. The molecule has 1 rings (SSSR count). The van der Waals surface area contributed by atoms with Gasteiger partial charge in [-0.25, -0.2) is 0 Å². The Balaban J connectivity index is 3.27. The van der Waals surface area contributed by atoms with E-state index in [0.717, 1.165) is 0 Å². The molecule has 3 heteroatoms. The SMILES string of the molecule is CC(C)(CO)c1cc(C#N)ccc1O. The van der Waals surface area contributed by atoms with E-state index in [4.69, 9.17) is 10.4 Å². The molecule has 0 fully saturated rings. The molecule has 2 N–H and O–H groups in total. The van der Waals surface area contributed by atoms with Crippen LogP contribution in [0.2, 0.25) is 0 Å². The van der Waals surface area contributed by atoms with Crippen LogP contribution in [0, 0.1) is 11.3 Å². The van der Waals surface area contributed by atoms with Crippen LogP contribution in [0.1, 0.15) is 25.0 Å². The molecule has 0 radical (unpaired) electrons. The Hall–Kier alpha value is -1.53. The van der Waals surface area contributed by atoms with Gasteiger partial charge in [-0.2, -0.15) is 5.26 Å². The number of rotatable bonds is 2. The van der Waals surface area contributed by atoms with Crippen LogP contribution in [0.25, 0.3) is 0 Å². The number of nitriles is 1. The summed E-state index contributed by atoms with van der Waals surface area (Å²) < 4.78 is 0. The van der Waals surface area contributed by atoms with Gasteiger partial charge in [-0.15, -0.1) is 0 Å². The van der Waals surface area contributed by atoms with Crippen LogP contribution < -0.4 is 0 Å². The van der Waals surface area contributed by atoms with E-state index < -0.39 is 5.41 Å². The molecule has 0 heterocycles. The number of nitrogens with zero attached hydrogens (tertiary/aromatic N) is 1. The highest BCUT2D eigenvalue weighted by Crippen LogP contribution is 2.31. The van der Waals surface area contributed by atoms with Gasteiger partial charge in [-0.3, -0.25) is 0 Å². The maximum absolute atomic E-state index is 9.58. The standard InChI is InChI=1S/C11H13NO2/c1-11(2,7-13)9-5-8(6-12)3-4-10(9)14/h3-5,13-14H,7H2,1-2H3. The van der Waals surface area contributed by atoms with Crippen molar-refractivity contribution in [3.05, 3.63) is 29.3 Å². The molecule has 0 unspecified atom stereocenters. The summed E-state index contributed by atoms with van der Waals surface area (Å²) in [6.07, 6.45) is 0. The minimum atomic E-state index is -0.531. The number of hydrogen-bond acceptors (Lipinski definition) is 3. The smallest absolute Gasteiger partial charge is 0.119 e.